The van der Waals surface area contributed by atoms with Gasteiger partial charge in [0.2, 0.25) is 5.75 Å². The van der Waals surface area contributed by atoms with Crippen LogP contribution in [0.1, 0.15) is 23.6 Å². The van der Waals surface area contributed by atoms with E-state index in [2.05, 4.69) is 15.3 Å². The molecular weight excluding hydrogens is 322 g/mol. The Kier molecular flexibility index (Phi) is 5.55. The highest BCUT2D eigenvalue weighted by Crippen LogP contribution is 2.38. The molecule has 2 heterocycles. The normalized spacial score (nSPS) is 16.5. The van der Waals surface area contributed by atoms with E-state index >= 15 is 0 Å². The van der Waals surface area contributed by atoms with Gasteiger partial charge in [0.15, 0.2) is 11.5 Å². The Balaban J connectivity index is 1.74. The van der Waals surface area contributed by atoms with E-state index in [1.165, 1.54) is 0 Å². The standard InChI is InChI=1S/C18H23N3O4/c1-22-15-6-12(7-16(23-2)18(15)24-3)9-19-17-8-14(20-11-21-17)13-4-5-25-10-13/h6-8,11,13H,4-5,9-10H2,1-3H3,(H,19,20,21)/t13-/m0/s1. The van der Waals surface area contributed by atoms with Gasteiger partial charge in [0.25, 0.3) is 0 Å². The summed E-state index contributed by atoms with van der Waals surface area (Å²) in [5.41, 5.74) is 2.01. The molecule has 1 atom stereocenters. The lowest BCUT2D eigenvalue weighted by molar-refractivity contribution is 0.193. The topological polar surface area (TPSA) is 74.7 Å². The van der Waals surface area contributed by atoms with Gasteiger partial charge in [-0.05, 0) is 24.1 Å². The number of ether oxygens (including phenoxy) is 4. The van der Waals surface area contributed by atoms with E-state index in [4.69, 9.17) is 18.9 Å². The van der Waals surface area contributed by atoms with Crippen LogP contribution in [-0.4, -0.2) is 44.5 Å². The first kappa shape index (κ1) is 17.3. The second-order valence-corrected chi connectivity index (χ2v) is 5.78. The summed E-state index contributed by atoms with van der Waals surface area (Å²) in [5.74, 6) is 2.98. The van der Waals surface area contributed by atoms with Crippen LogP contribution in [0.15, 0.2) is 24.5 Å². The van der Waals surface area contributed by atoms with Crippen molar-refractivity contribution in [2.75, 3.05) is 39.9 Å². The predicted octanol–water partition coefficient (Wildman–Crippen LogP) is 2.62. The van der Waals surface area contributed by atoms with E-state index in [0.717, 1.165) is 36.7 Å². The van der Waals surface area contributed by atoms with Crippen LogP contribution in [0.3, 0.4) is 0 Å². The number of hydrogen-bond donors (Lipinski definition) is 1. The molecule has 3 rings (SSSR count). The summed E-state index contributed by atoms with van der Waals surface area (Å²) in [6.07, 6.45) is 2.59. The van der Waals surface area contributed by atoms with Gasteiger partial charge in [0, 0.05) is 25.1 Å². The summed E-state index contributed by atoms with van der Waals surface area (Å²) < 4.78 is 21.6. The Morgan fingerprint density at radius 2 is 1.84 bits per heavy atom. The van der Waals surface area contributed by atoms with Crippen molar-refractivity contribution in [2.24, 2.45) is 0 Å². The monoisotopic (exact) mass is 345 g/mol. The van der Waals surface area contributed by atoms with Gasteiger partial charge in [-0.15, -0.1) is 0 Å². The summed E-state index contributed by atoms with van der Waals surface area (Å²) in [4.78, 5) is 8.66. The fourth-order valence-electron chi connectivity index (χ4n) is 2.89. The van der Waals surface area contributed by atoms with Gasteiger partial charge < -0.3 is 24.3 Å². The zero-order valence-corrected chi connectivity index (χ0v) is 14.7. The molecule has 2 aromatic rings. The van der Waals surface area contributed by atoms with Gasteiger partial charge in [-0.2, -0.15) is 0 Å². The molecule has 0 aliphatic carbocycles. The van der Waals surface area contributed by atoms with Crippen LogP contribution < -0.4 is 19.5 Å². The molecule has 0 saturated carbocycles. The fraction of sp³-hybridized carbons (Fsp3) is 0.444. The van der Waals surface area contributed by atoms with E-state index in [-0.39, 0.29) is 0 Å². The highest BCUT2D eigenvalue weighted by molar-refractivity contribution is 5.54. The Morgan fingerprint density at radius 1 is 1.08 bits per heavy atom. The van der Waals surface area contributed by atoms with E-state index < -0.39 is 0 Å². The Morgan fingerprint density at radius 3 is 2.44 bits per heavy atom. The molecule has 1 saturated heterocycles. The quantitative estimate of drug-likeness (QED) is 0.827. The number of benzene rings is 1. The van der Waals surface area contributed by atoms with Gasteiger partial charge in [0.05, 0.1) is 33.6 Å². The number of nitrogens with one attached hydrogen (secondary N) is 1. The highest BCUT2D eigenvalue weighted by Gasteiger charge is 2.19. The minimum absolute atomic E-state index is 0.352. The maximum atomic E-state index is 5.43. The van der Waals surface area contributed by atoms with Crippen LogP contribution in [0.4, 0.5) is 5.82 Å². The zero-order valence-electron chi connectivity index (χ0n) is 14.7. The molecule has 0 amide bonds. The molecule has 1 fully saturated rings. The van der Waals surface area contributed by atoms with Crippen molar-refractivity contribution in [1.29, 1.82) is 0 Å². The summed E-state index contributed by atoms with van der Waals surface area (Å²) >= 11 is 0. The maximum Gasteiger partial charge on any atom is 0.203 e. The fourth-order valence-corrected chi connectivity index (χ4v) is 2.89. The summed E-state index contributed by atoms with van der Waals surface area (Å²) in [5, 5.41) is 3.32. The molecule has 1 aliphatic rings. The molecule has 25 heavy (non-hydrogen) atoms. The van der Waals surface area contributed by atoms with Gasteiger partial charge in [-0.3, -0.25) is 0 Å². The van der Waals surface area contributed by atoms with Crippen molar-refractivity contribution in [2.45, 2.75) is 18.9 Å². The Bertz CT molecular complexity index is 692. The number of hydrogen-bond acceptors (Lipinski definition) is 7. The van der Waals surface area contributed by atoms with E-state index in [9.17, 15) is 0 Å². The van der Waals surface area contributed by atoms with Crippen LogP contribution in [0.2, 0.25) is 0 Å². The van der Waals surface area contributed by atoms with Crippen LogP contribution >= 0.6 is 0 Å². The summed E-state index contributed by atoms with van der Waals surface area (Å²) in [6.45, 7) is 2.10. The van der Waals surface area contributed by atoms with Crippen molar-refractivity contribution in [3.63, 3.8) is 0 Å². The molecule has 7 nitrogen and oxygen atoms in total. The second kappa shape index (κ2) is 8.02. The van der Waals surface area contributed by atoms with Crippen LogP contribution in [0.5, 0.6) is 17.2 Å². The average Bonchev–Trinajstić information content (AvgIpc) is 3.20. The number of nitrogens with zero attached hydrogens (tertiary/aromatic N) is 2. The molecule has 0 bridgehead atoms. The predicted molar refractivity (Wildman–Crippen MR) is 93.6 cm³/mol. The number of rotatable bonds is 7. The lowest BCUT2D eigenvalue weighted by atomic mass is 10.1. The first-order valence-corrected chi connectivity index (χ1v) is 8.17. The van der Waals surface area contributed by atoms with Crippen LogP contribution in [-0.2, 0) is 11.3 Å². The lowest BCUT2D eigenvalue weighted by Crippen LogP contribution is -2.06. The Hall–Kier alpha value is -2.54. The number of aromatic nitrogens is 2. The van der Waals surface area contributed by atoms with Crippen molar-refractivity contribution in [3.05, 3.63) is 35.8 Å². The maximum absolute atomic E-state index is 5.43. The first-order chi connectivity index (χ1) is 12.2. The third-order valence-electron chi connectivity index (χ3n) is 4.23. The van der Waals surface area contributed by atoms with Crippen molar-refractivity contribution < 1.29 is 18.9 Å². The third kappa shape index (κ3) is 3.93. The summed E-state index contributed by atoms with van der Waals surface area (Å²) in [6, 6.07) is 5.82. The molecule has 1 aliphatic heterocycles. The smallest absolute Gasteiger partial charge is 0.203 e. The number of methoxy groups -OCH3 is 3. The minimum atomic E-state index is 0.352. The van der Waals surface area contributed by atoms with Crippen molar-refractivity contribution in [1.82, 2.24) is 9.97 Å². The van der Waals surface area contributed by atoms with Crippen molar-refractivity contribution >= 4 is 5.82 Å². The van der Waals surface area contributed by atoms with E-state index in [1.54, 1.807) is 27.7 Å². The van der Waals surface area contributed by atoms with E-state index in [1.807, 2.05) is 18.2 Å². The average molecular weight is 345 g/mol. The molecule has 134 valence electrons. The Labute approximate surface area is 147 Å². The molecule has 0 unspecified atom stereocenters. The molecule has 1 N–H and O–H groups in total. The number of anilines is 1. The highest BCUT2D eigenvalue weighted by atomic mass is 16.5. The van der Waals surface area contributed by atoms with Gasteiger partial charge in [-0.1, -0.05) is 0 Å². The van der Waals surface area contributed by atoms with Crippen molar-refractivity contribution in [3.8, 4) is 17.2 Å². The van der Waals surface area contributed by atoms with Gasteiger partial charge in [0.1, 0.15) is 12.1 Å². The summed E-state index contributed by atoms with van der Waals surface area (Å²) in [7, 11) is 4.80. The SMILES string of the molecule is COc1cc(CNc2cc([C@H]3CCOC3)ncn2)cc(OC)c1OC. The third-order valence-corrected chi connectivity index (χ3v) is 4.23. The van der Waals surface area contributed by atoms with E-state index in [0.29, 0.717) is 29.7 Å². The molecule has 0 radical (unpaired) electrons. The second-order valence-electron chi connectivity index (χ2n) is 5.78. The molecule has 1 aromatic heterocycles. The first-order valence-electron chi connectivity index (χ1n) is 8.17. The minimum Gasteiger partial charge on any atom is -0.493 e. The zero-order chi connectivity index (χ0) is 17.6. The molecule has 7 heteroatoms. The lowest BCUT2D eigenvalue weighted by Gasteiger charge is -2.15. The van der Waals surface area contributed by atoms with Crippen LogP contribution in [0, 0.1) is 0 Å². The molecular formula is C18H23N3O4. The van der Waals surface area contributed by atoms with Crippen LogP contribution in [0.25, 0.3) is 0 Å². The van der Waals surface area contributed by atoms with Gasteiger partial charge >= 0.3 is 0 Å². The van der Waals surface area contributed by atoms with Gasteiger partial charge in [-0.25, -0.2) is 9.97 Å². The molecule has 1 aromatic carbocycles. The largest absolute Gasteiger partial charge is 0.493 e. The molecule has 0 spiro atoms.